The van der Waals surface area contributed by atoms with Gasteiger partial charge in [0.2, 0.25) is 0 Å². The minimum atomic E-state index is -0.202. The molecule has 0 radical (unpaired) electrons. The Hall–Kier alpha value is -2.07. The highest BCUT2D eigenvalue weighted by molar-refractivity contribution is 6.02. The monoisotopic (exact) mass is 312 g/mol. The predicted octanol–water partition coefficient (Wildman–Crippen LogP) is 4.07. The van der Waals surface area contributed by atoms with Gasteiger partial charge in [0.05, 0.1) is 6.54 Å². The number of hydrogen-bond donors (Lipinski definition) is 1. The molecular weight excluding hydrogens is 288 g/mol. The molecule has 4 heteroatoms. The molecule has 4 nitrogen and oxygen atoms in total. The molecule has 23 heavy (non-hydrogen) atoms. The van der Waals surface area contributed by atoms with Crippen LogP contribution in [-0.4, -0.2) is 23.9 Å². The second-order valence-corrected chi connectivity index (χ2v) is 6.54. The number of anilines is 1. The second kappa shape index (κ2) is 7.01. The van der Waals surface area contributed by atoms with Gasteiger partial charge in [-0.2, -0.15) is 0 Å². The number of carbonyl (C=O) groups is 1. The lowest BCUT2D eigenvalue weighted by molar-refractivity contribution is 0.0991. The van der Waals surface area contributed by atoms with E-state index in [9.17, 15) is 4.79 Å². The Morgan fingerprint density at radius 2 is 1.87 bits per heavy atom. The number of nitrogens with zero attached hydrogens (tertiary/aromatic N) is 1. The number of carbonyl (C=O) groups excluding carboxylic acids is 1. The number of aryl methyl sites for hydroxylation is 1. The fraction of sp³-hybridized carbons (Fsp3) is 0.421. The molecule has 0 unspecified atom stereocenters. The maximum atomic E-state index is 12.2. The number of hydrogen-bond acceptors (Lipinski definition) is 3. The Bertz CT molecular complexity index is 652. The summed E-state index contributed by atoms with van der Waals surface area (Å²) >= 11 is 0. The second-order valence-electron chi connectivity index (χ2n) is 6.54. The SMILES string of the molecule is Cc1ccc(NC(=O)c2ccc(CN3CCC(C)CC3)o2)cc1. The summed E-state index contributed by atoms with van der Waals surface area (Å²) < 4.78 is 5.72. The summed E-state index contributed by atoms with van der Waals surface area (Å²) in [5, 5.41) is 2.86. The lowest BCUT2D eigenvalue weighted by atomic mass is 9.99. The Balaban J connectivity index is 1.57. The van der Waals surface area contributed by atoms with Gasteiger partial charge >= 0.3 is 0 Å². The number of nitrogens with one attached hydrogen (secondary N) is 1. The molecule has 0 bridgehead atoms. The predicted molar refractivity (Wildman–Crippen MR) is 91.5 cm³/mol. The van der Waals surface area contributed by atoms with Crippen molar-refractivity contribution in [3.05, 3.63) is 53.5 Å². The van der Waals surface area contributed by atoms with E-state index in [1.807, 2.05) is 37.3 Å². The van der Waals surface area contributed by atoms with E-state index in [-0.39, 0.29) is 5.91 Å². The molecule has 1 N–H and O–H groups in total. The van der Waals surface area contributed by atoms with Crippen molar-refractivity contribution in [1.29, 1.82) is 0 Å². The lowest BCUT2D eigenvalue weighted by Gasteiger charge is -2.29. The summed E-state index contributed by atoms with van der Waals surface area (Å²) in [5.41, 5.74) is 1.95. The molecule has 2 aromatic rings. The number of furan rings is 1. The van der Waals surface area contributed by atoms with Crippen LogP contribution in [0.2, 0.25) is 0 Å². The standard InChI is InChI=1S/C19H24N2O2/c1-14-3-5-16(6-4-14)20-19(22)18-8-7-17(23-18)13-21-11-9-15(2)10-12-21/h3-8,15H,9-13H2,1-2H3,(H,20,22). The number of likely N-dealkylation sites (tertiary alicyclic amines) is 1. The highest BCUT2D eigenvalue weighted by atomic mass is 16.4. The Morgan fingerprint density at radius 3 is 2.57 bits per heavy atom. The Kier molecular flexibility index (Phi) is 4.82. The summed E-state index contributed by atoms with van der Waals surface area (Å²) in [6.45, 7) is 7.31. The Morgan fingerprint density at radius 1 is 1.17 bits per heavy atom. The zero-order valence-electron chi connectivity index (χ0n) is 13.8. The fourth-order valence-electron chi connectivity index (χ4n) is 2.86. The van der Waals surface area contributed by atoms with Crippen molar-refractivity contribution < 1.29 is 9.21 Å². The molecule has 1 amide bonds. The van der Waals surface area contributed by atoms with E-state index in [2.05, 4.69) is 17.1 Å². The summed E-state index contributed by atoms with van der Waals surface area (Å²) in [7, 11) is 0. The van der Waals surface area contributed by atoms with Crippen LogP contribution in [-0.2, 0) is 6.54 Å². The minimum Gasteiger partial charge on any atom is -0.455 e. The minimum absolute atomic E-state index is 0.202. The van der Waals surface area contributed by atoms with Gasteiger partial charge < -0.3 is 9.73 Å². The van der Waals surface area contributed by atoms with Gasteiger partial charge in [0.15, 0.2) is 5.76 Å². The molecule has 1 aliphatic heterocycles. The van der Waals surface area contributed by atoms with Gasteiger partial charge in [0.1, 0.15) is 5.76 Å². The normalized spacial score (nSPS) is 16.4. The van der Waals surface area contributed by atoms with Crippen LogP contribution in [0.25, 0.3) is 0 Å². The highest BCUT2D eigenvalue weighted by Crippen LogP contribution is 2.19. The molecule has 0 spiro atoms. The fourth-order valence-corrected chi connectivity index (χ4v) is 2.86. The molecule has 0 saturated carbocycles. The molecule has 1 aromatic carbocycles. The van der Waals surface area contributed by atoms with E-state index in [1.54, 1.807) is 6.07 Å². The molecular formula is C19H24N2O2. The van der Waals surface area contributed by atoms with Gasteiger partial charge in [-0.15, -0.1) is 0 Å². The quantitative estimate of drug-likeness (QED) is 0.925. The van der Waals surface area contributed by atoms with Crippen LogP contribution in [0.3, 0.4) is 0 Å². The zero-order valence-corrected chi connectivity index (χ0v) is 13.8. The first-order chi connectivity index (χ1) is 11.1. The van der Waals surface area contributed by atoms with Crippen molar-refractivity contribution in [2.45, 2.75) is 33.2 Å². The first-order valence-electron chi connectivity index (χ1n) is 8.29. The number of rotatable bonds is 4. The molecule has 1 saturated heterocycles. The van der Waals surface area contributed by atoms with Gasteiger partial charge in [-0.3, -0.25) is 9.69 Å². The molecule has 0 atom stereocenters. The molecule has 2 heterocycles. The van der Waals surface area contributed by atoms with Crippen LogP contribution in [0.5, 0.6) is 0 Å². The third kappa shape index (κ3) is 4.23. The van der Waals surface area contributed by atoms with Crippen molar-refractivity contribution in [3.63, 3.8) is 0 Å². The van der Waals surface area contributed by atoms with E-state index in [1.165, 1.54) is 18.4 Å². The van der Waals surface area contributed by atoms with Crippen LogP contribution in [0.15, 0.2) is 40.8 Å². The van der Waals surface area contributed by atoms with Gasteiger partial charge in [-0.25, -0.2) is 0 Å². The van der Waals surface area contributed by atoms with Crippen molar-refractivity contribution in [3.8, 4) is 0 Å². The number of benzene rings is 1. The largest absolute Gasteiger partial charge is 0.455 e. The molecule has 1 fully saturated rings. The zero-order chi connectivity index (χ0) is 16.2. The van der Waals surface area contributed by atoms with Crippen LogP contribution in [0.1, 0.15) is 41.6 Å². The smallest absolute Gasteiger partial charge is 0.291 e. The lowest BCUT2D eigenvalue weighted by Crippen LogP contribution is -2.32. The first-order valence-corrected chi connectivity index (χ1v) is 8.29. The van der Waals surface area contributed by atoms with E-state index >= 15 is 0 Å². The Labute approximate surface area is 137 Å². The van der Waals surface area contributed by atoms with Gasteiger partial charge in [-0.05, 0) is 63.0 Å². The summed E-state index contributed by atoms with van der Waals surface area (Å²) in [6.07, 6.45) is 2.48. The molecule has 0 aliphatic carbocycles. The van der Waals surface area contributed by atoms with Crippen molar-refractivity contribution in [1.82, 2.24) is 4.90 Å². The van der Waals surface area contributed by atoms with Crippen LogP contribution < -0.4 is 5.32 Å². The maximum absolute atomic E-state index is 12.2. The van der Waals surface area contributed by atoms with Crippen LogP contribution in [0, 0.1) is 12.8 Å². The highest BCUT2D eigenvalue weighted by Gasteiger charge is 2.18. The summed E-state index contributed by atoms with van der Waals surface area (Å²) in [5.74, 6) is 1.84. The average molecular weight is 312 g/mol. The third-order valence-corrected chi connectivity index (χ3v) is 4.45. The van der Waals surface area contributed by atoms with Crippen molar-refractivity contribution >= 4 is 11.6 Å². The summed E-state index contributed by atoms with van der Waals surface area (Å²) in [4.78, 5) is 14.6. The first kappa shape index (κ1) is 15.8. The molecule has 3 rings (SSSR count). The summed E-state index contributed by atoms with van der Waals surface area (Å²) in [6, 6.07) is 11.4. The third-order valence-electron chi connectivity index (χ3n) is 4.45. The van der Waals surface area contributed by atoms with E-state index in [0.29, 0.717) is 5.76 Å². The number of amides is 1. The van der Waals surface area contributed by atoms with Crippen molar-refractivity contribution in [2.75, 3.05) is 18.4 Å². The van der Waals surface area contributed by atoms with Gasteiger partial charge in [-0.1, -0.05) is 24.6 Å². The molecule has 1 aromatic heterocycles. The number of piperidine rings is 1. The maximum Gasteiger partial charge on any atom is 0.291 e. The van der Waals surface area contributed by atoms with Crippen LogP contribution in [0.4, 0.5) is 5.69 Å². The van der Waals surface area contributed by atoms with E-state index in [4.69, 9.17) is 4.42 Å². The van der Waals surface area contributed by atoms with E-state index in [0.717, 1.165) is 37.0 Å². The molecule has 122 valence electrons. The van der Waals surface area contributed by atoms with Gasteiger partial charge in [0, 0.05) is 5.69 Å². The van der Waals surface area contributed by atoms with Gasteiger partial charge in [0.25, 0.3) is 5.91 Å². The topological polar surface area (TPSA) is 45.5 Å². The van der Waals surface area contributed by atoms with Crippen molar-refractivity contribution in [2.24, 2.45) is 5.92 Å². The van der Waals surface area contributed by atoms with Crippen LogP contribution >= 0.6 is 0 Å². The molecule has 1 aliphatic rings. The average Bonchev–Trinajstić information content (AvgIpc) is 3.00. The van der Waals surface area contributed by atoms with E-state index < -0.39 is 0 Å².